The topological polar surface area (TPSA) is 53.5 Å². The van der Waals surface area contributed by atoms with Gasteiger partial charge in [0, 0.05) is 27.9 Å². The SMILES string of the molecule is C=N/C(=N\C(=N/Cc1ccc2c(c1)oc1cccc(N(c3ccccc3)c3cccc(-c4ccccc4)c3)c12)c1ccccc1)c1ccccc1. The highest BCUT2D eigenvalue weighted by molar-refractivity contribution is 6.14. The number of fused-ring (bicyclic) bond motifs is 3. The molecule has 0 amide bonds. The first kappa shape index (κ1) is 31.4. The van der Waals surface area contributed by atoms with Crippen molar-refractivity contribution in [3.05, 3.63) is 199 Å². The Bertz CT molecular complexity index is 2500. The lowest BCUT2D eigenvalue weighted by Crippen LogP contribution is -2.10. The van der Waals surface area contributed by atoms with E-state index in [2.05, 4.69) is 120 Å². The highest BCUT2D eigenvalue weighted by Crippen LogP contribution is 2.43. The number of hydrogen-bond acceptors (Lipinski definition) is 3. The average Bonchev–Trinajstić information content (AvgIpc) is 3.58. The van der Waals surface area contributed by atoms with Gasteiger partial charge in [0.25, 0.3) is 0 Å². The van der Waals surface area contributed by atoms with Gasteiger partial charge >= 0.3 is 0 Å². The Labute approximate surface area is 297 Å². The van der Waals surface area contributed by atoms with Gasteiger partial charge in [-0.3, -0.25) is 4.99 Å². The van der Waals surface area contributed by atoms with Crippen LogP contribution in [0.25, 0.3) is 33.1 Å². The molecular weight excluding hydrogens is 625 g/mol. The summed E-state index contributed by atoms with van der Waals surface area (Å²) >= 11 is 0. The second kappa shape index (κ2) is 14.3. The molecule has 8 rings (SSSR count). The Morgan fingerprint density at radius 1 is 0.529 bits per heavy atom. The summed E-state index contributed by atoms with van der Waals surface area (Å²) in [6.07, 6.45) is 0. The minimum Gasteiger partial charge on any atom is -0.456 e. The molecule has 0 radical (unpaired) electrons. The summed E-state index contributed by atoms with van der Waals surface area (Å²) in [5.74, 6) is 1.11. The van der Waals surface area contributed by atoms with E-state index >= 15 is 0 Å². The lowest BCUT2D eigenvalue weighted by Gasteiger charge is -2.26. The van der Waals surface area contributed by atoms with Crippen molar-refractivity contribution in [1.82, 2.24) is 0 Å². The van der Waals surface area contributed by atoms with Crippen molar-refractivity contribution in [2.45, 2.75) is 6.54 Å². The molecule has 1 heterocycles. The summed E-state index contributed by atoms with van der Waals surface area (Å²) in [6.45, 7) is 4.19. The van der Waals surface area contributed by atoms with Gasteiger partial charge in [0.05, 0.1) is 17.6 Å². The van der Waals surface area contributed by atoms with Crippen molar-refractivity contribution >= 4 is 57.4 Å². The van der Waals surface area contributed by atoms with Gasteiger partial charge in [-0.25, -0.2) is 9.98 Å². The maximum absolute atomic E-state index is 6.55. The number of nitrogens with zero attached hydrogens (tertiary/aromatic N) is 4. The van der Waals surface area contributed by atoms with Gasteiger partial charge in [-0.2, -0.15) is 0 Å². The molecule has 0 N–H and O–H groups in total. The Morgan fingerprint density at radius 2 is 1.14 bits per heavy atom. The number of benzene rings is 7. The minimum atomic E-state index is 0.412. The summed E-state index contributed by atoms with van der Waals surface area (Å²) in [5, 5.41) is 2.09. The molecule has 244 valence electrons. The molecule has 51 heavy (non-hydrogen) atoms. The predicted octanol–water partition coefficient (Wildman–Crippen LogP) is 11.8. The third-order valence-corrected chi connectivity index (χ3v) is 8.84. The average molecular weight is 659 g/mol. The van der Waals surface area contributed by atoms with E-state index in [1.807, 2.05) is 78.9 Å². The summed E-state index contributed by atoms with van der Waals surface area (Å²) in [7, 11) is 0. The number of hydrogen-bond donors (Lipinski definition) is 0. The molecule has 5 heteroatoms. The zero-order chi connectivity index (χ0) is 34.4. The normalized spacial score (nSPS) is 11.9. The molecule has 1 aromatic heterocycles. The number of aliphatic imine (C=N–C) groups is 3. The molecule has 0 atom stereocenters. The molecule has 8 aromatic rings. The van der Waals surface area contributed by atoms with Crippen LogP contribution < -0.4 is 4.90 Å². The molecule has 0 unspecified atom stereocenters. The Kier molecular flexibility index (Phi) is 8.83. The Morgan fingerprint density at radius 3 is 1.84 bits per heavy atom. The van der Waals surface area contributed by atoms with E-state index in [0.717, 1.165) is 61.3 Å². The standard InChI is InChI=1S/C46H34N4O/c1-47-45(35-18-8-3-9-19-35)49-46(36-20-10-4-11-21-36)48-32-33-28-29-40-43(30-33)51-42-27-15-26-41(44(40)42)50(38-23-12-5-13-24-38)39-25-14-22-37(31-39)34-16-6-2-7-17-34/h2-31H,1,32H2/b48-46-,49-45-. The van der Waals surface area contributed by atoms with Crippen LogP contribution in [-0.4, -0.2) is 18.4 Å². The smallest absolute Gasteiger partial charge is 0.161 e. The number of para-hydroxylation sites is 1. The van der Waals surface area contributed by atoms with Crippen LogP contribution in [0, 0.1) is 0 Å². The number of amidine groups is 2. The first-order valence-corrected chi connectivity index (χ1v) is 16.9. The Balaban J connectivity index is 1.20. The molecule has 0 saturated heterocycles. The molecule has 0 aliphatic rings. The fraction of sp³-hybridized carbons (Fsp3) is 0.0217. The predicted molar refractivity (Wildman–Crippen MR) is 213 cm³/mol. The third-order valence-electron chi connectivity index (χ3n) is 8.84. The highest BCUT2D eigenvalue weighted by atomic mass is 16.3. The molecule has 5 nitrogen and oxygen atoms in total. The molecule has 0 saturated carbocycles. The summed E-state index contributed by atoms with van der Waals surface area (Å²) < 4.78 is 6.55. The van der Waals surface area contributed by atoms with Crippen molar-refractivity contribution in [1.29, 1.82) is 0 Å². The lowest BCUT2D eigenvalue weighted by molar-refractivity contribution is 0.668. The number of furan rings is 1. The van der Waals surface area contributed by atoms with E-state index in [1.54, 1.807) is 0 Å². The zero-order valence-corrected chi connectivity index (χ0v) is 27.9. The maximum Gasteiger partial charge on any atom is 0.161 e. The highest BCUT2D eigenvalue weighted by Gasteiger charge is 2.20. The van der Waals surface area contributed by atoms with E-state index in [4.69, 9.17) is 14.4 Å². The monoisotopic (exact) mass is 658 g/mol. The third kappa shape index (κ3) is 6.61. The van der Waals surface area contributed by atoms with Gasteiger partial charge in [0.2, 0.25) is 0 Å². The number of anilines is 3. The van der Waals surface area contributed by atoms with Crippen LogP contribution in [0.4, 0.5) is 17.1 Å². The van der Waals surface area contributed by atoms with Crippen molar-refractivity contribution in [3.8, 4) is 11.1 Å². The zero-order valence-electron chi connectivity index (χ0n) is 27.9. The maximum atomic E-state index is 6.55. The van der Waals surface area contributed by atoms with Gasteiger partial charge in [0.15, 0.2) is 11.7 Å². The second-order valence-corrected chi connectivity index (χ2v) is 12.1. The fourth-order valence-electron chi connectivity index (χ4n) is 6.42. The second-order valence-electron chi connectivity index (χ2n) is 12.1. The van der Waals surface area contributed by atoms with Crippen molar-refractivity contribution in [2.75, 3.05) is 4.90 Å². The van der Waals surface area contributed by atoms with Gasteiger partial charge in [-0.1, -0.05) is 140 Å². The van der Waals surface area contributed by atoms with E-state index < -0.39 is 0 Å². The van der Waals surface area contributed by atoms with Crippen LogP contribution in [0.5, 0.6) is 0 Å². The van der Waals surface area contributed by atoms with Crippen LogP contribution >= 0.6 is 0 Å². The van der Waals surface area contributed by atoms with E-state index in [0.29, 0.717) is 18.2 Å². The van der Waals surface area contributed by atoms with Crippen LogP contribution in [-0.2, 0) is 6.54 Å². The van der Waals surface area contributed by atoms with Crippen LogP contribution in [0.1, 0.15) is 16.7 Å². The molecular formula is C46H34N4O. The van der Waals surface area contributed by atoms with Gasteiger partial charge in [-0.05, 0) is 65.9 Å². The van der Waals surface area contributed by atoms with Crippen LogP contribution in [0.15, 0.2) is 201 Å². The molecule has 0 fully saturated rings. The summed E-state index contributed by atoms with van der Waals surface area (Å²) in [6, 6.07) is 62.1. The molecule has 0 bridgehead atoms. The Hall–Kier alpha value is -6.85. The van der Waals surface area contributed by atoms with Gasteiger partial charge in [0.1, 0.15) is 11.2 Å². The van der Waals surface area contributed by atoms with E-state index in [9.17, 15) is 0 Å². The van der Waals surface area contributed by atoms with Crippen LogP contribution in [0.3, 0.4) is 0 Å². The summed E-state index contributed by atoms with van der Waals surface area (Å²) in [5.41, 5.74) is 9.92. The first-order chi connectivity index (χ1) is 25.2. The van der Waals surface area contributed by atoms with E-state index in [1.165, 1.54) is 5.56 Å². The largest absolute Gasteiger partial charge is 0.456 e. The molecule has 0 spiro atoms. The quantitative estimate of drug-likeness (QED) is 0.120. The van der Waals surface area contributed by atoms with Crippen molar-refractivity contribution < 1.29 is 4.42 Å². The van der Waals surface area contributed by atoms with Crippen molar-refractivity contribution in [2.24, 2.45) is 15.0 Å². The summed E-state index contributed by atoms with van der Waals surface area (Å²) in [4.78, 5) is 16.4. The first-order valence-electron chi connectivity index (χ1n) is 16.9. The molecule has 7 aromatic carbocycles. The molecule has 0 aliphatic carbocycles. The number of rotatable bonds is 8. The van der Waals surface area contributed by atoms with Gasteiger partial charge in [-0.15, -0.1) is 0 Å². The molecule has 0 aliphatic heterocycles. The minimum absolute atomic E-state index is 0.412. The van der Waals surface area contributed by atoms with E-state index in [-0.39, 0.29) is 0 Å². The van der Waals surface area contributed by atoms with Crippen molar-refractivity contribution in [3.63, 3.8) is 0 Å². The van der Waals surface area contributed by atoms with Crippen LogP contribution in [0.2, 0.25) is 0 Å². The fourth-order valence-corrected chi connectivity index (χ4v) is 6.42. The lowest BCUT2D eigenvalue weighted by atomic mass is 10.0. The van der Waals surface area contributed by atoms with Gasteiger partial charge < -0.3 is 9.32 Å².